The van der Waals surface area contributed by atoms with Crippen LogP contribution in [0.4, 0.5) is 4.39 Å². The quantitative estimate of drug-likeness (QED) is 0.595. The summed E-state index contributed by atoms with van der Waals surface area (Å²) in [4.78, 5) is 32.5. The SMILES string of the molecule is CN(CC(=O)NCC12CC3CC(CC(C3)C1)C2)Cc1ccccc1F.O=C(O)C(=O)O. The van der Waals surface area contributed by atoms with Gasteiger partial charge in [0.1, 0.15) is 5.82 Å². The van der Waals surface area contributed by atoms with Crippen molar-refractivity contribution in [1.29, 1.82) is 0 Å². The fraction of sp³-hybridized carbons (Fsp3) is 0.609. The third-order valence-corrected chi connectivity index (χ3v) is 6.82. The molecule has 0 radical (unpaired) electrons. The van der Waals surface area contributed by atoms with Gasteiger partial charge < -0.3 is 15.5 Å². The lowest BCUT2D eigenvalue weighted by molar-refractivity contribution is -0.159. The molecule has 4 fully saturated rings. The minimum Gasteiger partial charge on any atom is -0.473 e. The van der Waals surface area contributed by atoms with Crippen LogP contribution in [0.15, 0.2) is 24.3 Å². The van der Waals surface area contributed by atoms with E-state index in [0.29, 0.717) is 24.1 Å². The summed E-state index contributed by atoms with van der Waals surface area (Å²) in [6.45, 7) is 1.61. The lowest BCUT2D eigenvalue weighted by atomic mass is 9.49. The van der Waals surface area contributed by atoms with Gasteiger partial charge in [-0.25, -0.2) is 14.0 Å². The van der Waals surface area contributed by atoms with Crippen molar-refractivity contribution in [3.05, 3.63) is 35.6 Å². The highest BCUT2D eigenvalue weighted by Crippen LogP contribution is 2.59. The Morgan fingerprint density at radius 3 is 2.03 bits per heavy atom. The molecule has 0 unspecified atom stereocenters. The Morgan fingerprint density at radius 1 is 1.03 bits per heavy atom. The number of rotatable bonds is 6. The van der Waals surface area contributed by atoms with Gasteiger partial charge in [0.2, 0.25) is 5.91 Å². The molecule has 0 aliphatic heterocycles. The van der Waals surface area contributed by atoms with Crippen molar-refractivity contribution in [2.75, 3.05) is 20.1 Å². The van der Waals surface area contributed by atoms with E-state index in [9.17, 15) is 9.18 Å². The van der Waals surface area contributed by atoms with Crippen LogP contribution in [0.2, 0.25) is 0 Å². The first-order valence-corrected chi connectivity index (χ1v) is 10.8. The molecular formula is C23H31FN2O5. The number of amides is 1. The number of hydrogen-bond donors (Lipinski definition) is 3. The van der Waals surface area contributed by atoms with E-state index in [1.807, 2.05) is 18.0 Å². The molecule has 8 heteroatoms. The minimum absolute atomic E-state index is 0.0644. The molecule has 3 N–H and O–H groups in total. The molecule has 4 bridgehead atoms. The van der Waals surface area contributed by atoms with E-state index in [1.54, 1.807) is 12.1 Å². The van der Waals surface area contributed by atoms with Crippen molar-refractivity contribution in [3.63, 3.8) is 0 Å². The molecule has 1 aromatic carbocycles. The van der Waals surface area contributed by atoms with Crippen molar-refractivity contribution >= 4 is 17.8 Å². The average Bonchev–Trinajstić information content (AvgIpc) is 2.68. The topological polar surface area (TPSA) is 107 Å². The molecule has 4 saturated carbocycles. The van der Waals surface area contributed by atoms with Gasteiger partial charge in [-0.2, -0.15) is 0 Å². The number of carbonyl (C=O) groups is 3. The normalized spacial score (nSPS) is 28.0. The molecule has 4 aliphatic rings. The Labute approximate surface area is 181 Å². The summed E-state index contributed by atoms with van der Waals surface area (Å²) in [6.07, 6.45) is 8.22. The standard InChI is InChI=1S/C21H29FN2O.C2H2O4/c1-24(12-18-4-2-3-5-19(18)22)13-20(25)23-14-21-9-15-6-16(10-21)8-17(7-15)11-21;3-1(4)2(5)6/h2-5,15-17H,6-14H2,1H3,(H,23,25);(H,3,4)(H,5,6). The van der Waals surface area contributed by atoms with Gasteiger partial charge in [-0.1, -0.05) is 18.2 Å². The molecule has 4 aliphatic carbocycles. The zero-order chi connectivity index (χ0) is 22.6. The highest BCUT2D eigenvalue weighted by atomic mass is 19.1. The van der Waals surface area contributed by atoms with E-state index in [0.717, 1.165) is 24.3 Å². The van der Waals surface area contributed by atoms with E-state index in [1.165, 1.54) is 44.6 Å². The predicted octanol–water partition coefficient (Wildman–Crippen LogP) is 2.75. The summed E-state index contributed by atoms with van der Waals surface area (Å²) in [5.41, 5.74) is 1.01. The van der Waals surface area contributed by atoms with E-state index < -0.39 is 11.9 Å². The summed E-state index contributed by atoms with van der Waals surface area (Å²) >= 11 is 0. The van der Waals surface area contributed by atoms with Crippen molar-refractivity contribution in [2.24, 2.45) is 23.2 Å². The Morgan fingerprint density at radius 2 is 1.55 bits per heavy atom. The van der Waals surface area contributed by atoms with Gasteiger partial charge in [-0.05, 0) is 74.8 Å². The van der Waals surface area contributed by atoms with Crippen LogP contribution in [-0.4, -0.2) is 53.1 Å². The number of nitrogens with one attached hydrogen (secondary N) is 1. The maximum absolute atomic E-state index is 13.7. The fourth-order valence-electron chi connectivity index (χ4n) is 6.07. The van der Waals surface area contributed by atoms with Gasteiger partial charge in [0.05, 0.1) is 6.54 Å². The van der Waals surface area contributed by atoms with E-state index in [2.05, 4.69) is 5.32 Å². The zero-order valence-electron chi connectivity index (χ0n) is 17.8. The van der Waals surface area contributed by atoms with Gasteiger partial charge >= 0.3 is 11.9 Å². The Kier molecular flexibility index (Phi) is 7.30. The molecule has 5 rings (SSSR count). The van der Waals surface area contributed by atoms with E-state index >= 15 is 0 Å². The number of benzene rings is 1. The van der Waals surface area contributed by atoms with Gasteiger partial charge in [-0.15, -0.1) is 0 Å². The molecule has 1 aromatic rings. The van der Waals surface area contributed by atoms with Crippen LogP contribution >= 0.6 is 0 Å². The molecule has 7 nitrogen and oxygen atoms in total. The molecular weight excluding hydrogens is 403 g/mol. The lowest BCUT2D eigenvalue weighted by Crippen LogP contribution is -2.51. The first kappa shape index (κ1) is 23.2. The van der Waals surface area contributed by atoms with Crippen LogP contribution < -0.4 is 5.32 Å². The first-order valence-electron chi connectivity index (χ1n) is 10.8. The van der Waals surface area contributed by atoms with Gasteiger partial charge in [0.25, 0.3) is 0 Å². The van der Waals surface area contributed by atoms with Crippen LogP contribution in [0.5, 0.6) is 0 Å². The Bertz CT molecular complexity index is 781. The molecule has 0 saturated heterocycles. The minimum atomic E-state index is -1.82. The number of carbonyl (C=O) groups excluding carboxylic acids is 1. The number of likely N-dealkylation sites (N-methyl/N-ethyl adjacent to an activating group) is 1. The Hall–Kier alpha value is -2.48. The second-order valence-corrected chi connectivity index (χ2v) is 9.57. The number of halogens is 1. The molecule has 1 amide bonds. The highest BCUT2D eigenvalue weighted by Gasteiger charge is 2.50. The number of nitrogens with zero attached hydrogens (tertiary/aromatic N) is 1. The third-order valence-electron chi connectivity index (χ3n) is 6.82. The summed E-state index contributed by atoms with van der Waals surface area (Å²) in [5, 5.41) is 18.0. The second-order valence-electron chi connectivity index (χ2n) is 9.57. The van der Waals surface area contributed by atoms with Crippen molar-refractivity contribution < 1.29 is 29.0 Å². The van der Waals surface area contributed by atoms with Gasteiger partial charge in [0.15, 0.2) is 0 Å². The first-order chi connectivity index (χ1) is 14.7. The van der Waals surface area contributed by atoms with Crippen molar-refractivity contribution in [1.82, 2.24) is 10.2 Å². The van der Waals surface area contributed by atoms with E-state index in [-0.39, 0.29) is 11.7 Å². The van der Waals surface area contributed by atoms with Crippen LogP contribution in [-0.2, 0) is 20.9 Å². The predicted molar refractivity (Wildman–Crippen MR) is 112 cm³/mol. The largest absolute Gasteiger partial charge is 0.473 e. The smallest absolute Gasteiger partial charge is 0.414 e. The molecule has 0 aromatic heterocycles. The van der Waals surface area contributed by atoms with Crippen LogP contribution in [0.3, 0.4) is 0 Å². The number of carboxylic acids is 2. The molecule has 31 heavy (non-hydrogen) atoms. The summed E-state index contributed by atoms with van der Waals surface area (Å²) in [7, 11) is 1.87. The van der Waals surface area contributed by atoms with Crippen molar-refractivity contribution in [3.8, 4) is 0 Å². The monoisotopic (exact) mass is 434 g/mol. The average molecular weight is 435 g/mol. The molecule has 0 atom stereocenters. The van der Waals surface area contributed by atoms with E-state index in [4.69, 9.17) is 19.8 Å². The van der Waals surface area contributed by atoms with Crippen LogP contribution in [0.1, 0.15) is 44.1 Å². The van der Waals surface area contributed by atoms with Crippen LogP contribution in [0.25, 0.3) is 0 Å². The Balaban J connectivity index is 0.000000401. The molecule has 0 heterocycles. The maximum Gasteiger partial charge on any atom is 0.414 e. The number of hydrogen-bond acceptors (Lipinski definition) is 4. The molecule has 170 valence electrons. The second kappa shape index (κ2) is 9.77. The number of aliphatic carboxylic acids is 2. The maximum atomic E-state index is 13.7. The van der Waals surface area contributed by atoms with Crippen molar-refractivity contribution in [2.45, 2.75) is 45.1 Å². The fourth-order valence-corrected chi connectivity index (χ4v) is 6.07. The lowest BCUT2D eigenvalue weighted by Gasteiger charge is -2.56. The summed E-state index contributed by atoms with van der Waals surface area (Å²) in [5.74, 6) is -1.06. The highest BCUT2D eigenvalue weighted by molar-refractivity contribution is 6.27. The molecule has 0 spiro atoms. The van der Waals surface area contributed by atoms with Crippen LogP contribution in [0, 0.1) is 29.0 Å². The summed E-state index contributed by atoms with van der Waals surface area (Å²) in [6, 6.07) is 6.77. The van der Waals surface area contributed by atoms with Gasteiger partial charge in [-0.3, -0.25) is 9.69 Å². The number of carboxylic acid groups (broad SMARTS) is 2. The third kappa shape index (κ3) is 6.26. The zero-order valence-corrected chi connectivity index (χ0v) is 17.8. The summed E-state index contributed by atoms with van der Waals surface area (Å²) < 4.78 is 13.7. The van der Waals surface area contributed by atoms with Gasteiger partial charge in [0, 0.05) is 18.7 Å².